The summed E-state index contributed by atoms with van der Waals surface area (Å²) >= 11 is 0. The molecule has 0 saturated heterocycles. The van der Waals surface area contributed by atoms with Gasteiger partial charge in [0.1, 0.15) is 4.90 Å². The number of rotatable bonds is 6. The molecule has 1 saturated carbocycles. The Morgan fingerprint density at radius 2 is 2.12 bits per heavy atom. The molecule has 1 aliphatic heterocycles. The lowest BCUT2D eigenvalue weighted by Gasteiger charge is -2.13. The van der Waals surface area contributed by atoms with Crippen molar-refractivity contribution < 1.29 is 18.0 Å². The third kappa shape index (κ3) is 2.88. The zero-order valence-corrected chi connectivity index (χ0v) is 14.8. The molecule has 26 heavy (non-hydrogen) atoms. The molecule has 0 spiro atoms. The van der Waals surface area contributed by atoms with Crippen LogP contribution in [-0.2, 0) is 16.6 Å². The fraction of sp³-hybridized carbons (Fsp3) is 0.353. The molecule has 0 bridgehead atoms. The molecule has 9 heteroatoms. The van der Waals surface area contributed by atoms with Crippen LogP contribution in [0.2, 0.25) is 0 Å². The molecule has 0 radical (unpaired) electrons. The number of sulfonamides is 1. The van der Waals surface area contributed by atoms with Crippen LogP contribution in [0, 0.1) is 0 Å². The maximum atomic E-state index is 12.6. The first-order valence-corrected chi connectivity index (χ1v) is 9.91. The molecule has 2 amide bonds. The van der Waals surface area contributed by atoms with E-state index in [1.807, 2.05) is 12.3 Å². The largest absolute Gasteiger partial charge is 0.352 e. The normalized spacial score (nSPS) is 18.0. The minimum Gasteiger partial charge on any atom is -0.352 e. The lowest BCUT2D eigenvalue weighted by atomic mass is 10.1. The second-order valence-corrected chi connectivity index (χ2v) is 8.21. The van der Waals surface area contributed by atoms with Crippen molar-refractivity contribution in [1.29, 1.82) is 0 Å². The number of carbonyl (C=O) groups is 2. The maximum Gasteiger partial charge on any atom is 0.269 e. The molecule has 0 unspecified atom stereocenters. The van der Waals surface area contributed by atoms with E-state index in [-0.39, 0.29) is 28.0 Å². The Labute approximate surface area is 150 Å². The smallest absolute Gasteiger partial charge is 0.269 e. The van der Waals surface area contributed by atoms with Gasteiger partial charge in [-0.3, -0.25) is 14.3 Å². The third-order valence-corrected chi connectivity index (χ3v) is 6.37. The Morgan fingerprint density at radius 3 is 2.81 bits per heavy atom. The van der Waals surface area contributed by atoms with Gasteiger partial charge in [-0.15, -0.1) is 0 Å². The number of nitrogens with zero attached hydrogens (tertiary/aromatic N) is 3. The van der Waals surface area contributed by atoms with Crippen LogP contribution < -0.4 is 5.32 Å². The molecule has 1 N–H and O–H groups in total. The molecule has 2 aromatic rings. The Kier molecular flexibility index (Phi) is 4.03. The van der Waals surface area contributed by atoms with E-state index < -0.39 is 15.9 Å². The van der Waals surface area contributed by atoms with E-state index in [0.717, 1.165) is 4.31 Å². The van der Waals surface area contributed by atoms with Crippen LogP contribution >= 0.6 is 0 Å². The summed E-state index contributed by atoms with van der Waals surface area (Å²) in [5.74, 6) is -0.852. The Hall–Kier alpha value is -2.68. The SMILES string of the molecule is O=C(NCCCn1cccn1)c1ccc2c(c1)S(=O)(=O)N(C1CC1)C2=O. The van der Waals surface area contributed by atoms with E-state index in [4.69, 9.17) is 0 Å². The predicted octanol–water partition coefficient (Wildman–Crippen LogP) is 1.01. The molecular formula is C17H18N4O4S. The summed E-state index contributed by atoms with van der Waals surface area (Å²) in [5.41, 5.74) is 0.379. The Bertz CT molecular complexity index is 965. The van der Waals surface area contributed by atoms with Crippen LogP contribution in [0.25, 0.3) is 0 Å². The van der Waals surface area contributed by atoms with E-state index in [1.165, 1.54) is 18.2 Å². The number of amides is 2. The minimum absolute atomic E-state index is 0.0707. The van der Waals surface area contributed by atoms with Crippen LogP contribution in [0.4, 0.5) is 0 Å². The summed E-state index contributed by atoms with van der Waals surface area (Å²) in [5, 5.41) is 6.84. The van der Waals surface area contributed by atoms with Gasteiger partial charge < -0.3 is 5.32 Å². The molecule has 4 rings (SSSR count). The number of benzene rings is 1. The van der Waals surface area contributed by atoms with E-state index in [0.29, 0.717) is 32.4 Å². The summed E-state index contributed by atoms with van der Waals surface area (Å²) in [4.78, 5) is 24.6. The zero-order chi connectivity index (χ0) is 18.3. The molecule has 2 aliphatic rings. The fourth-order valence-electron chi connectivity index (χ4n) is 3.04. The number of aryl methyl sites for hydroxylation is 1. The van der Waals surface area contributed by atoms with Gasteiger partial charge in [0.25, 0.3) is 21.8 Å². The summed E-state index contributed by atoms with van der Waals surface area (Å²) in [6, 6.07) is 5.81. The van der Waals surface area contributed by atoms with Crippen LogP contribution in [0.15, 0.2) is 41.6 Å². The van der Waals surface area contributed by atoms with Crippen LogP contribution in [-0.4, -0.2) is 46.9 Å². The van der Waals surface area contributed by atoms with Crippen LogP contribution in [0.1, 0.15) is 40.0 Å². The van der Waals surface area contributed by atoms with Gasteiger partial charge in [-0.2, -0.15) is 5.10 Å². The van der Waals surface area contributed by atoms with Gasteiger partial charge in [-0.05, 0) is 43.5 Å². The van der Waals surface area contributed by atoms with Crippen molar-refractivity contribution in [2.24, 2.45) is 0 Å². The summed E-state index contributed by atoms with van der Waals surface area (Å²) in [6.45, 7) is 1.12. The van der Waals surface area contributed by atoms with Crippen molar-refractivity contribution in [3.63, 3.8) is 0 Å². The zero-order valence-electron chi connectivity index (χ0n) is 14.0. The molecule has 1 aromatic carbocycles. The fourth-order valence-corrected chi connectivity index (χ4v) is 4.88. The number of fused-ring (bicyclic) bond motifs is 1. The van der Waals surface area contributed by atoms with Gasteiger partial charge in [-0.1, -0.05) is 0 Å². The topological polar surface area (TPSA) is 101 Å². The van der Waals surface area contributed by atoms with Crippen molar-refractivity contribution in [2.75, 3.05) is 6.54 Å². The average molecular weight is 374 g/mol. The second-order valence-electron chi connectivity index (χ2n) is 6.43. The first kappa shape index (κ1) is 16.8. The molecule has 1 fully saturated rings. The standard InChI is InChI=1S/C17H18N4O4S/c22-16(18-7-1-9-20-10-2-8-19-20)12-3-6-14-15(11-12)26(24,25)21(17(14)23)13-4-5-13/h2-3,6,8,10-11,13H,1,4-5,7,9H2,(H,18,22). The van der Waals surface area contributed by atoms with E-state index in [2.05, 4.69) is 10.4 Å². The minimum atomic E-state index is -3.85. The molecule has 136 valence electrons. The van der Waals surface area contributed by atoms with Gasteiger partial charge in [0.05, 0.1) is 5.56 Å². The lowest BCUT2D eigenvalue weighted by Crippen LogP contribution is -2.32. The number of hydrogen-bond donors (Lipinski definition) is 1. The molecule has 1 aromatic heterocycles. The van der Waals surface area contributed by atoms with Gasteiger partial charge >= 0.3 is 0 Å². The second kappa shape index (κ2) is 6.24. The van der Waals surface area contributed by atoms with Gasteiger partial charge in [0, 0.05) is 37.1 Å². The summed E-state index contributed by atoms with van der Waals surface area (Å²) in [7, 11) is -3.85. The number of hydrogen-bond acceptors (Lipinski definition) is 5. The van der Waals surface area contributed by atoms with Crippen molar-refractivity contribution in [3.05, 3.63) is 47.8 Å². The van der Waals surface area contributed by atoms with Crippen molar-refractivity contribution in [3.8, 4) is 0 Å². The van der Waals surface area contributed by atoms with Gasteiger partial charge in [0.2, 0.25) is 0 Å². The van der Waals surface area contributed by atoms with Crippen molar-refractivity contribution in [1.82, 2.24) is 19.4 Å². The van der Waals surface area contributed by atoms with Gasteiger partial charge in [-0.25, -0.2) is 12.7 Å². The van der Waals surface area contributed by atoms with Gasteiger partial charge in [0.15, 0.2) is 0 Å². The molecule has 1 aliphatic carbocycles. The Morgan fingerprint density at radius 1 is 1.31 bits per heavy atom. The number of nitrogens with one attached hydrogen (secondary N) is 1. The third-order valence-electron chi connectivity index (χ3n) is 4.50. The highest BCUT2D eigenvalue weighted by Crippen LogP contribution is 2.39. The van der Waals surface area contributed by atoms with Crippen molar-refractivity contribution >= 4 is 21.8 Å². The monoisotopic (exact) mass is 374 g/mol. The number of carbonyl (C=O) groups excluding carboxylic acids is 2. The highest BCUT2D eigenvalue weighted by molar-refractivity contribution is 7.90. The summed E-state index contributed by atoms with van der Waals surface area (Å²) in [6.07, 6.45) is 5.63. The van der Waals surface area contributed by atoms with Crippen LogP contribution in [0.5, 0.6) is 0 Å². The quantitative estimate of drug-likeness (QED) is 0.761. The average Bonchev–Trinajstić information content (AvgIpc) is 3.25. The maximum absolute atomic E-state index is 12.6. The van der Waals surface area contributed by atoms with E-state index in [9.17, 15) is 18.0 Å². The first-order chi connectivity index (χ1) is 12.5. The van der Waals surface area contributed by atoms with Crippen molar-refractivity contribution in [2.45, 2.75) is 36.7 Å². The number of aromatic nitrogens is 2. The van der Waals surface area contributed by atoms with E-state index >= 15 is 0 Å². The summed E-state index contributed by atoms with van der Waals surface area (Å²) < 4.78 is 27.9. The molecule has 2 heterocycles. The first-order valence-electron chi connectivity index (χ1n) is 8.47. The molecule has 8 nitrogen and oxygen atoms in total. The molecular weight excluding hydrogens is 356 g/mol. The van der Waals surface area contributed by atoms with E-state index in [1.54, 1.807) is 10.9 Å². The highest BCUT2D eigenvalue weighted by Gasteiger charge is 2.48. The molecule has 0 atom stereocenters. The Balaban J connectivity index is 1.45. The van der Waals surface area contributed by atoms with Crippen LogP contribution in [0.3, 0.4) is 0 Å². The lowest BCUT2D eigenvalue weighted by molar-refractivity contribution is 0.0863. The highest BCUT2D eigenvalue weighted by atomic mass is 32.2. The predicted molar refractivity (Wildman–Crippen MR) is 92.0 cm³/mol.